The summed E-state index contributed by atoms with van der Waals surface area (Å²) in [6, 6.07) is 9.35. The lowest BCUT2D eigenvalue weighted by Crippen LogP contribution is -2.23. The summed E-state index contributed by atoms with van der Waals surface area (Å²) in [5.41, 5.74) is 0.717. The van der Waals surface area contributed by atoms with Gasteiger partial charge in [0.25, 0.3) is 0 Å². The quantitative estimate of drug-likeness (QED) is 0.709. The zero-order valence-electron chi connectivity index (χ0n) is 10.4. The molecule has 102 valence electrons. The molecule has 0 saturated heterocycles. The molecular formula is C14H14Br2FNS. The van der Waals surface area contributed by atoms with Crippen molar-refractivity contribution in [2.24, 2.45) is 0 Å². The predicted octanol–water partition coefficient (Wildman–Crippen LogP) is 5.31. The van der Waals surface area contributed by atoms with Crippen LogP contribution < -0.4 is 5.32 Å². The molecule has 0 radical (unpaired) electrons. The molecule has 0 spiro atoms. The molecule has 1 heterocycles. The molecule has 0 amide bonds. The highest BCUT2D eigenvalue weighted by Crippen LogP contribution is 2.28. The number of likely N-dealkylation sites (N-methyl/N-ethyl adjacent to an activating group) is 1. The summed E-state index contributed by atoms with van der Waals surface area (Å²) in [5.74, 6) is -0.170. The van der Waals surface area contributed by atoms with Gasteiger partial charge >= 0.3 is 0 Å². The first-order valence-electron chi connectivity index (χ1n) is 6.02. The Morgan fingerprint density at radius 3 is 2.63 bits per heavy atom. The third-order valence-electron chi connectivity index (χ3n) is 2.82. The van der Waals surface area contributed by atoms with Crippen LogP contribution in [0, 0.1) is 5.82 Å². The van der Waals surface area contributed by atoms with E-state index in [2.05, 4.69) is 43.2 Å². The summed E-state index contributed by atoms with van der Waals surface area (Å²) >= 11 is 8.44. The van der Waals surface area contributed by atoms with Gasteiger partial charge in [0.2, 0.25) is 0 Å². The fourth-order valence-corrected chi connectivity index (χ4v) is 3.85. The summed E-state index contributed by atoms with van der Waals surface area (Å²) in [4.78, 5) is 1.24. The Morgan fingerprint density at radius 2 is 2.05 bits per heavy atom. The smallest absolute Gasteiger partial charge is 0.129 e. The first kappa shape index (κ1) is 15.2. The Labute approximate surface area is 133 Å². The molecule has 1 aromatic heterocycles. The van der Waals surface area contributed by atoms with Crippen LogP contribution >= 0.6 is 43.2 Å². The van der Waals surface area contributed by atoms with Crippen LogP contribution in [0.3, 0.4) is 0 Å². The number of hydrogen-bond acceptors (Lipinski definition) is 2. The Kier molecular flexibility index (Phi) is 5.57. The van der Waals surface area contributed by atoms with Gasteiger partial charge in [-0.1, -0.05) is 28.9 Å². The molecule has 1 N–H and O–H groups in total. The van der Waals surface area contributed by atoms with Crippen molar-refractivity contribution in [1.82, 2.24) is 5.32 Å². The predicted molar refractivity (Wildman–Crippen MR) is 86.2 cm³/mol. The van der Waals surface area contributed by atoms with Gasteiger partial charge in [0.15, 0.2) is 0 Å². The summed E-state index contributed by atoms with van der Waals surface area (Å²) in [6.07, 6.45) is 0.794. The van der Waals surface area contributed by atoms with Gasteiger partial charge in [0.05, 0.1) is 3.79 Å². The van der Waals surface area contributed by atoms with Crippen LogP contribution in [-0.2, 0) is 6.42 Å². The minimum Gasteiger partial charge on any atom is -0.310 e. The fourth-order valence-electron chi connectivity index (χ4n) is 1.99. The number of nitrogens with one attached hydrogen (secondary N) is 1. The van der Waals surface area contributed by atoms with Crippen LogP contribution in [0.2, 0.25) is 0 Å². The van der Waals surface area contributed by atoms with E-state index in [-0.39, 0.29) is 11.9 Å². The Bertz CT molecular complexity index is 556. The van der Waals surface area contributed by atoms with Crippen molar-refractivity contribution in [2.75, 3.05) is 6.54 Å². The zero-order valence-corrected chi connectivity index (χ0v) is 14.4. The lowest BCUT2D eigenvalue weighted by molar-refractivity contribution is 0.512. The van der Waals surface area contributed by atoms with E-state index in [1.807, 2.05) is 25.1 Å². The molecule has 1 nitrogen and oxygen atoms in total. The zero-order chi connectivity index (χ0) is 13.8. The highest BCUT2D eigenvalue weighted by Gasteiger charge is 2.16. The molecule has 1 atom stereocenters. The topological polar surface area (TPSA) is 12.0 Å². The monoisotopic (exact) mass is 405 g/mol. The second kappa shape index (κ2) is 6.97. The summed E-state index contributed by atoms with van der Waals surface area (Å²) in [6.45, 7) is 2.85. The lowest BCUT2D eigenvalue weighted by atomic mass is 10.0. The van der Waals surface area contributed by atoms with Crippen molar-refractivity contribution in [2.45, 2.75) is 19.4 Å². The maximum atomic E-state index is 14.1. The minimum absolute atomic E-state index is 0.00338. The molecule has 0 aliphatic carbocycles. The molecule has 0 aliphatic heterocycles. The Morgan fingerprint density at radius 1 is 1.26 bits per heavy atom. The van der Waals surface area contributed by atoms with Gasteiger partial charge in [0.1, 0.15) is 5.82 Å². The molecule has 1 aromatic carbocycles. The van der Waals surface area contributed by atoms with Crippen molar-refractivity contribution in [3.63, 3.8) is 0 Å². The second-order valence-electron chi connectivity index (χ2n) is 4.19. The first-order valence-corrected chi connectivity index (χ1v) is 8.43. The Balaban J connectivity index is 2.23. The van der Waals surface area contributed by atoms with E-state index in [0.29, 0.717) is 0 Å². The third-order valence-corrected chi connectivity index (χ3v) is 4.96. The van der Waals surface area contributed by atoms with E-state index < -0.39 is 0 Å². The largest absolute Gasteiger partial charge is 0.310 e. The van der Waals surface area contributed by atoms with Gasteiger partial charge in [-0.15, -0.1) is 11.3 Å². The normalized spacial score (nSPS) is 12.6. The van der Waals surface area contributed by atoms with E-state index in [4.69, 9.17) is 0 Å². The van der Waals surface area contributed by atoms with Crippen LogP contribution in [0.5, 0.6) is 0 Å². The molecule has 0 bridgehead atoms. The van der Waals surface area contributed by atoms with Gasteiger partial charge in [0, 0.05) is 27.4 Å². The molecule has 0 saturated carbocycles. The van der Waals surface area contributed by atoms with E-state index in [0.717, 1.165) is 26.8 Å². The average Bonchev–Trinajstić information content (AvgIpc) is 2.74. The third kappa shape index (κ3) is 4.12. The summed E-state index contributed by atoms with van der Waals surface area (Å²) < 4.78 is 15.9. The summed E-state index contributed by atoms with van der Waals surface area (Å²) in [7, 11) is 0. The molecule has 0 aliphatic rings. The number of thiophene rings is 1. The molecular weight excluding hydrogens is 393 g/mol. The van der Waals surface area contributed by atoms with Crippen molar-refractivity contribution >= 4 is 43.2 Å². The number of rotatable bonds is 5. The van der Waals surface area contributed by atoms with Crippen molar-refractivity contribution in [3.8, 4) is 0 Å². The number of hydrogen-bond donors (Lipinski definition) is 1. The molecule has 5 heteroatoms. The first-order chi connectivity index (χ1) is 9.10. The lowest BCUT2D eigenvalue weighted by Gasteiger charge is -2.18. The van der Waals surface area contributed by atoms with Crippen LogP contribution in [0.4, 0.5) is 4.39 Å². The van der Waals surface area contributed by atoms with Crippen molar-refractivity contribution in [1.29, 1.82) is 0 Å². The molecule has 2 rings (SSSR count). The van der Waals surface area contributed by atoms with E-state index >= 15 is 0 Å². The van der Waals surface area contributed by atoms with Gasteiger partial charge in [-0.05, 0) is 46.7 Å². The van der Waals surface area contributed by atoms with E-state index in [1.165, 1.54) is 10.9 Å². The van der Waals surface area contributed by atoms with Gasteiger partial charge < -0.3 is 5.32 Å². The highest BCUT2D eigenvalue weighted by atomic mass is 79.9. The van der Waals surface area contributed by atoms with Gasteiger partial charge in [-0.2, -0.15) is 0 Å². The maximum absolute atomic E-state index is 14.1. The van der Waals surface area contributed by atoms with Crippen LogP contribution in [0.1, 0.15) is 23.4 Å². The Hall–Kier alpha value is -0.230. The molecule has 1 unspecified atom stereocenters. The fraction of sp³-hybridized carbons (Fsp3) is 0.286. The van der Waals surface area contributed by atoms with Crippen molar-refractivity contribution in [3.05, 3.63) is 54.8 Å². The van der Waals surface area contributed by atoms with E-state index in [9.17, 15) is 4.39 Å². The SMILES string of the molecule is CCNC(Cc1ccc(Br)s1)c1ccc(Br)cc1F. The molecule has 19 heavy (non-hydrogen) atoms. The van der Waals surface area contributed by atoms with Gasteiger partial charge in [-0.25, -0.2) is 4.39 Å². The second-order valence-corrected chi connectivity index (χ2v) is 7.65. The maximum Gasteiger partial charge on any atom is 0.129 e. The molecule has 0 fully saturated rings. The van der Waals surface area contributed by atoms with Crippen molar-refractivity contribution < 1.29 is 4.39 Å². The standard InChI is InChI=1S/C14H14Br2FNS/c1-2-18-13(8-10-4-6-14(16)19-10)11-5-3-9(15)7-12(11)17/h3-7,13,18H,2,8H2,1H3. The van der Waals surface area contributed by atoms with Crippen LogP contribution in [-0.4, -0.2) is 6.54 Å². The minimum atomic E-state index is -0.170. The summed E-state index contributed by atoms with van der Waals surface area (Å²) in [5, 5.41) is 3.35. The highest BCUT2D eigenvalue weighted by molar-refractivity contribution is 9.11. The number of halogens is 3. The molecule has 2 aromatic rings. The van der Waals surface area contributed by atoms with Gasteiger partial charge in [-0.3, -0.25) is 0 Å². The average molecular weight is 407 g/mol. The van der Waals surface area contributed by atoms with Crippen LogP contribution in [0.25, 0.3) is 0 Å². The van der Waals surface area contributed by atoms with E-state index in [1.54, 1.807) is 11.3 Å². The van der Waals surface area contributed by atoms with Crippen LogP contribution in [0.15, 0.2) is 38.6 Å². The number of benzene rings is 1.